The minimum absolute atomic E-state index is 0.0203. The fraction of sp³-hybridized carbons (Fsp3) is 0.143. The second-order valence-corrected chi connectivity index (χ2v) is 4.76. The molecule has 18 heavy (non-hydrogen) atoms. The molecule has 0 spiro atoms. The van der Waals surface area contributed by atoms with Gasteiger partial charge in [-0.25, -0.2) is 4.39 Å². The van der Waals surface area contributed by atoms with Gasteiger partial charge in [-0.3, -0.25) is 0 Å². The number of rotatable bonds is 4. The molecule has 2 nitrogen and oxygen atoms in total. The quantitative estimate of drug-likeness (QED) is 0.902. The summed E-state index contributed by atoms with van der Waals surface area (Å²) in [6, 6.07) is 12.1. The van der Waals surface area contributed by atoms with E-state index >= 15 is 0 Å². The summed E-state index contributed by atoms with van der Waals surface area (Å²) in [5, 5.41) is 12.4. The van der Waals surface area contributed by atoms with E-state index in [2.05, 4.69) is 21.2 Å². The molecule has 0 radical (unpaired) electrons. The van der Waals surface area contributed by atoms with Gasteiger partial charge in [0.2, 0.25) is 0 Å². The minimum Gasteiger partial charge on any atom is -0.392 e. The van der Waals surface area contributed by atoms with Crippen LogP contribution in [0.2, 0.25) is 0 Å². The van der Waals surface area contributed by atoms with Gasteiger partial charge in [0.05, 0.1) is 6.61 Å². The highest BCUT2D eigenvalue weighted by Gasteiger charge is 2.04. The lowest BCUT2D eigenvalue weighted by molar-refractivity contribution is 0.282. The summed E-state index contributed by atoms with van der Waals surface area (Å²) < 4.78 is 14.0. The van der Waals surface area contributed by atoms with Crippen molar-refractivity contribution in [2.75, 3.05) is 5.32 Å². The largest absolute Gasteiger partial charge is 0.392 e. The Hall–Kier alpha value is -1.39. The van der Waals surface area contributed by atoms with Crippen molar-refractivity contribution in [3.05, 3.63) is 63.9 Å². The van der Waals surface area contributed by atoms with E-state index in [1.807, 2.05) is 24.3 Å². The Kier molecular flexibility index (Phi) is 4.33. The molecule has 0 amide bonds. The van der Waals surface area contributed by atoms with E-state index in [1.54, 1.807) is 6.07 Å². The van der Waals surface area contributed by atoms with Crippen molar-refractivity contribution in [3.63, 3.8) is 0 Å². The molecule has 2 rings (SSSR count). The average molecular weight is 310 g/mol. The van der Waals surface area contributed by atoms with Crippen LogP contribution in [0.5, 0.6) is 0 Å². The summed E-state index contributed by atoms with van der Waals surface area (Å²) in [6.45, 7) is 0.475. The standard InChI is InChI=1S/C14H13BrFNO/c15-13-6-5-12(16)7-11(13)8-17-14-4-2-1-3-10(14)9-18/h1-7,17-18H,8-9H2. The first-order chi connectivity index (χ1) is 8.70. The monoisotopic (exact) mass is 309 g/mol. The Morgan fingerprint density at radius 3 is 2.67 bits per heavy atom. The van der Waals surface area contributed by atoms with Crippen LogP contribution < -0.4 is 5.32 Å². The van der Waals surface area contributed by atoms with Gasteiger partial charge >= 0.3 is 0 Å². The molecule has 0 bridgehead atoms. The molecule has 0 aliphatic heterocycles. The van der Waals surface area contributed by atoms with Crippen LogP contribution in [-0.2, 0) is 13.2 Å². The number of halogens is 2. The van der Waals surface area contributed by atoms with E-state index in [1.165, 1.54) is 12.1 Å². The van der Waals surface area contributed by atoms with Gasteiger partial charge in [0.25, 0.3) is 0 Å². The molecule has 0 saturated heterocycles. The molecule has 0 aliphatic carbocycles. The Bertz CT molecular complexity index is 545. The molecule has 0 fully saturated rings. The maximum atomic E-state index is 13.1. The number of aliphatic hydroxyl groups is 1. The molecular weight excluding hydrogens is 297 g/mol. The van der Waals surface area contributed by atoms with Gasteiger partial charge in [0.1, 0.15) is 5.82 Å². The number of anilines is 1. The van der Waals surface area contributed by atoms with Crippen LogP contribution >= 0.6 is 15.9 Å². The van der Waals surface area contributed by atoms with Crippen molar-refractivity contribution < 1.29 is 9.50 Å². The van der Waals surface area contributed by atoms with Crippen LogP contribution in [0.15, 0.2) is 46.9 Å². The van der Waals surface area contributed by atoms with Gasteiger partial charge in [0, 0.05) is 22.3 Å². The second-order valence-electron chi connectivity index (χ2n) is 3.90. The Balaban J connectivity index is 2.14. The van der Waals surface area contributed by atoms with E-state index in [0.717, 1.165) is 21.3 Å². The lowest BCUT2D eigenvalue weighted by Crippen LogP contribution is -2.03. The second kappa shape index (κ2) is 5.98. The molecule has 2 aromatic carbocycles. The third-order valence-corrected chi connectivity index (χ3v) is 3.44. The smallest absolute Gasteiger partial charge is 0.123 e. The van der Waals surface area contributed by atoms with E-state index in [-0.39, 0.29) is 12.4 Å². The van der Waals surface area contributed by atoms with Crippen LogP contribution in [0.1, 0.15) is 11.1 Å². The molecular formula is C14H13BrFNO. The third kappa shape index (κ3) is 3.09. The van der Waals surface area contributed by atoms with Crippen molar-refractivity contribution in [2.24, 2.45) is 0 Å². The zero-order chi connectivity index (χ0) is 13.0. The van der Waals surface area contributed by atoms with Gasteiger partial charge in [-0.05, 0) is 29.8 Å². The topological polar surface area (TPSA) is 32.3 Å². The van der Waals surface area contributed by atoms with Crippen LogP contribution in [0.3, 0.4) is 0 Å². The van der Waals surface area contributed by atoms with E-state index in [0.29, 0.717) is 6.54 Å². The summed E-state index contributed by atoms with van der Waals surface area (Å²) in [5.74, 6) is -0.259. The van der Waals surface area contributed by atoms with Crippen molar-refractivity contribution in [3.8, 4) is 0 Å². The van der Waals surface area contributed by atoms with Crippen molar-refractivity contribution in [1.82, 2.24) is 0 Å². The molecule has 2 N–H and O–H groups in total. The predicted molar refractivity (Wildman–Crippen MR) is 73.8 cm³/mol. The molecule has 0 atom stereocenters. The number of aliphatic hydroxyl groups excluding tert-OH is 1. The molecule has 0 aliphatic rings. The third-order valence-electron chi connectivity index (χ3n) is 2.66. The maximum Gasteiger partial charge on any atom is 0.123 e. The molecule has 0 heterocycles. The number of nitrogens with one attached hydrogen (secondary N) is 1. The average Bonchev–Trinajstić information content (AvgIpc) is 2.40. The van der Waals surface area contributed by atoms with Gasteiger partial charge < -0.3 is 10.4 Å². The maximum absolute atomic E-state index is 13.1. The first kappa shape index (κ1) is 13.1. The summed E-state index contributed by atoms with van der Waals surface area (Å²) in [7, 11) is 0. The summed E-state index contributed by atoms with van der Waals surface area (Å²) in [4.78, 5) is 0. The highest BCUT2D eigenvalue weighted by Crippen LogP contribution is 2.21. The molecule has 4 heteroatoms. The Morgan fingerprint density at radius 1 is 1.11 bits per heavy atom. The summed E-state index contributed by atoms with van der Waals surface area (Å²) in [6.07, 6.45) is 0. The van der Waals surface area contributed by atoms with Crippen LogP contribution in [-0.4, -0.2) is 5.11 Å². The summed E-state index contributed by atoms with van der Waals surface area (Å²) >= 11 is 3.38. The van der Waals surface area contributed by atoms with Crippen molar-refractivity contribution in [2.45, 2.75) is 13.2 Å². The zero-order valence-electron chi connectivity index (χ0n) is 9.66. The van der Waals surface area contributed by atoms with Crippen LogP contribution in [0.4, 0.5) is 10.1 Å². The zero-order valence-corrected chi connectivity index (χ0v) is 11.2. The van der Waals surface area contributed by atoms with Crippen molar-refractivity contribution >= 4 is 21.6 Å². The Morgan fingerprint density at radius 2 is 1.89 bits per heavy atom. The van der Waals surface area contributed by atoms with Gasteiger partial charge in [-0.15, -0.1) is 0 Å². The normalized spacial score (nSPS) is 10.4. The molecule has 94 valence electrons. The fourth-order valence-corrected chi connectivity index (χ4v) is 2.09. The van der Waals surface area contributed by atoms with Gasteiger partial charge in [-0.2, -0.15) is 0 Å². The van der Waals surface area contributed by atoms with Crippen LogP contribution in [0, 0.1) is 5.82 Å². The fourth-order valence-electron chi connectivity index (χ4n) is 1.70. The van der Waals surface area contributed by atoms with Gasteiger partial charge in [-0.1, -0.05) is 34.1 Å². The first-order valence-electron chi connectivity index (χ1n) is 5.57. The van der Waals surface area contributed by atoms with E-state index < -0.39 is 0 Å². The number of para-hydroxylation sites is 1. The number of hydrogen-bond acceptors (Lipinski definition) is 2. The lowest BCUT2D eigenvalue weighted by Gasteiger charge is -2.11. The lowest BCUT2D eigenvalue weighted by atomic mass is 10.1. The van der Waals surface area contributed by atoms with E-state index in [4.69, 9.17) is 0 Å². The first-order valence-corrected chi connectivity index (χ1v) is 6.36. The molecule has 0 saturated carbocycles. The van der Waals surface area contributed by atoms with Crippen LogP contribution in [0.25, 0.3) is 0 Å². The molecule has 0 unspecified atom stereocenters. The number of benzene rings is 2. The highest BCUT2D eigenvalue weighted by molar-refractivity contribution is 9.10. The van der Waals surface area contributed by atoms with Gasteiger partial charge in [0.15, 0.2) is 0 Å². The molecule has 0 aromatic heterocycles. The highest BCUT2D eigenvalue weighted by atomic mass is 79.9. The van der Waals surface area contributed by atoms with Crippen molar-refractivity contribution in [1.29, 1.82) is 0 Å². The SMILES string of the molecule is OCc1ccccc1NCc1cc(F)ccc1Br. The van der Waals surface area contributed by atoms with E-state index in [9.17, 15) is 9.50 Å². The Labute approximate surface area is 114 Å². The number of hydrogen-bond donors (Lipinski definition) is 2. The predicted octanol–water partition coefficient (Wildman–Crippen LogP) is 3.69. The minimum atomic E-state index is -0.259. The summed E-state index contributed by atoms with van der Waals surface area (Å²) in [5.41, 5.74) is 2.52. The molecule has 2 aromatic rings.